The molecule has 1 unspecified atom stereocenters. The van der Waals surface area contributed by atoms with E-state index in [-0.39, 0.29) is 6.04 Å². The summed E-state index contributed by atoms with van der Waals surface area (Å²) in [4.78, 5) is 4.55. The molecule has 0 aliphatic carbocycles. The van der Waals surface area contributed by atoms with Crippen molar-refractivity contribution >= 4 is 17.6 Å². The number of ether oxygens (including phenoxy) is 1. The Labute approximate surface area is 143 Å². The minimum Gasteiger partial charge on any atom is -0.388 e. The number of rotatable bonds is 5. The first-order valence-corrected chi connectivity index (χ1v) is 8.51. The second-order valence-corrected chi connectivity index (χ2v) is 6.39. The minimum absolute atomic E-state index is 0.0920. The lowest BCUT2D eigenvalue weighted by molar-refractivity contribution is -0.0566. The zero-order valence-electron chi connectivity index (χ0n) is 13.8. The number of nitrogens with zero attached hydrogens (tertiary/aromatic N) is 1. The van der Waals surface area contributed by atoms with Crippen molar-refractivity contribution in [3.63, 3.8) is 0 Å². The Hall–Kier alpha value is -1.30. The summed E-state index contributed by atoms with van der Waals surface area (Å²) in [5.74, 6) is 0.704. The monoisotopic (exact) mass is 339 g/mol. The first-order chi connectivity index (χ1) is 11.0. The van der Waals surface area contributed by atoms with Gasteiger partial charge in [0, 0.05) is 37.6 Å². The van der Waals surface area contributed by atoms with Gasteiger partial charge in [-0.3, -0.25) is 4.99 Å². The van der Waals surface area contributed by atoms with Crippen molar-refractivity contribution in [3.8, 4) is 0 Å². The van der Waals surface area contributed by atoms with Gasteiger partial charge in [-0.15, -0.1) is 0 Å². The van der Waals surface area contributed by atoms with Gasteiger partial charge < -0.3 is 20.5 Å². The van der Waals surface area contributed by atoms with Gasteiger partial charge in [-0.25, -0.2) is 0 Å². The molecule has 5 nitrogen and oxygen atoms in total. The van der Waals surface area contributed by atoms with Crippen LogP contribution in [0.5, 0.6) is 0 Å². The van der Waals surface area contributed by atoms with Crippen molar-refractivity contribution in [2.75, 3.05) is 26.3 Å². The molecule has 0 bridgehead atoms. The summed E-state index contributed by atoms with van der Waals surface area (Å²) in [5, 5.41) is 17.8. The van der Waals surface area contributed by atoms with Crippen molar-refractivity contribution < 1.29 is 9.84 Å². The van der Waals surface area contributed by atoms with Crippen LogP contribution in [0, 0.1) is 0 Å². The first kappa shape index (κ1) is 18.0. The van der Waals surface area contributed by atoms with Crippen LogP contribution in [0.4, 0.5) is 0 Å². The van der Waals surface area contributed by atoms with Crippen LogP contribution in [-0.4, -0.2) is 43.0 Å². The second-order valence-electron chi connectivity index (χ2n) is 5.95. The van der Waals surface area contributed by atoms with Gasteiger partial charge in [0.1, 0.15) is 0 Å². The highest BCUT2D eigenvalue weighted by atomic mass is 35.5. The molecule has 0 saturated carbocycles. The van der Waals surface area contributed by atoms with Crippen molar-refractivity contribution in [1.29, 1.82) is 0 Å². The lowest BCUT2D eigenvalue weighted by atomic mass is 9.95. The largest absolute Gasteiger partial charge is 0.388 e. The van der Waals surface area contributed by atoms with Gasteiger partial charge >= 0.3 is 0 Å². The number of aliphatic hydroxyl groups is 1. The van der Waals surface area contributed by atoms with E-state index in [2.05, 4.69) is 22.5 Å². The molecule has 1 aromatic carbocycles. The predicted molar refractivity (Wildman–Crippen MR) is 94.0 cm³/mol. The Morgan fingerprint density at radius 1 is 1.35 bits per heavy atom. The van der Waals surface area contributed by atoms with Crippen molar-refractivity contribution in [3.05, 3.63) is 34.9 Å². The number of halogens is 1. The molecule has 0 spiro atoms. The van der Waals surface area contributed by atoms with E-state index in [1.165, 1.54) is 0 Å². The zero-order chi connectivity index (χ0) is 16.7. The number of benzene rings is 1. The Bertz CT molecular complexity index is 513. The molecule has 1 atom stereocenters. The van der Waals surface area contributed by atoms with E-state index in [1.807, 2.05) is 31.2 Å². The third-order valence-electron chi connectivity index (χ3n) is 4.02. The van der Waals surface area contributed by atoms with Gasteiger partial charge in [0.25, 0.3) is 0 Å². The number of hydrogen-bond donors (Lipinski definition) is 3. The maximum absolute atomic E-state index is 10.5. The zero-order valence-corrected chi connectivity index (χ0v) is 14.6. The molecule has 23 heavy (non-hydrogen) atoms. The quantitative estimate of drug-likeness (QED) is 0.569. The van der Waals surface area contributed by atoms with Crippen molar-refractivity contribution in [1.82, 2.24) is 10.6 Å². The van der Waals surface area contributed by atoms with Gasteiger partial charge in [0.2, 0.25) is 0 Å². The molecule has 0 amide bonds. The Morgan fingerprint density at radius 3 is 2.61 bits per heavy atom. The summed E-state index contributed by atoms with van der Waals surface area (Å²) in [6.07, 6.45) is 1.26. The fraction of sp³-hybridized carbons (Fsp3) is 0.588. The van der Waals surface area contributed by atoms with Crippen LogP contribution >= 0.6 is 11.6 Å². The minimum atomic E-state index is -0.760. The standard InChI is InChI=1S/C17H26ClN3O2/c1-3-19-16(20-12-17(22)8-10-23-11-9-17)21-13(2)14-4-6-15(18)7-5-14/h4-7,13,22H,3,8-12H2,1-2H3,(H2,19,20,21). The summed E-state index contributed by atoms with van der Waals surface area (Å²) < 4.78 is 5.30. The topological polar surface area (TPSA) is 65.9 Å². The second kappa shape index (κ2) is 8.52. The molecule has 128 valence electrons. The van der Waals surface area contributed by atoms with E-state index in [0.29, 0.717) is 38.6 Å². The summed E-state index contributed by atoms with van der Waals surface area (Å²) in [6, 6.07) is 7.84. The Kier molecular flexibility index (Phi) is 6.69. The lowest BCUT2D eigenvalue weighted by Gasteiger charge is -2.30. The maximum atomic E-state index is 10.5. The van der Waals surface area contributed by atoms with E-state index in [1.54, 1.807) is 0 Å². The summed E-state index contributed by atoms with van der Waals surface area (Å²) >= 11 is 5.93. The molecule has 2 rings (SSSR count). The summed E-state index contributed by atoms with van der Waals surface area (Å²) in [7, 11) is 0. The maximum Gasteiger partial charge on any atom is 0.191 e. The Balaban J connectivity index is 1.99. The van der Waals surface area contributed by atoms with Gasteiger partial charge in [0.05, 0.1) is 18.2 Å². The highest BCUT2D eigenvalue weighted by Gasteiger charge is 2.29. The molecule has 1 fully saturated rings. The van der Waals surface area contributed by atoms with Crippen LogP contribution in [0.3, 0.4) is 0 Å². The average Bonchev–Trinajstić information content (AvgIpc) is 2.54. The fourth-order valence-electron chi connectivity index (χ4n) is 2.50. The summed E-state index contributed by atoms with van der Waals surface area (Å²) in [6.45, 7) is 6.42. The third-order valence-corrected chi connectivity index (χ3v) is 4.27. The molecule has 0 aromatic heterocycles. The van der Waals surface area contributed by atoms with Crippen molar-refractivity contribution in [2.45, 2.75) is 38.3 Å². The van der Waals surface area contributed by atoms with Gasteiger partial charge in [-0.1, -0.05) is 23.7 Å². The molecule has 1 aliphatic heterocycles. The number of nitrogens with one attached hydrogen (secondary N) is 2. The molecule has 1 heterocycles. The number of guanidine groups is 1. The third kappa shape index (κ3) is 5.68. The first-order valence-electron chi connectivity index (χ1n) is 8.13. The highest BCUT2D eigenvalue weighted by molar-refractivity contribution is 6.30. The molecular weight excluding hydrogens is 314 g/mol. The van der Waals surface area contributed by atoms with E-state index >= 15 is 0 Å². The van der Waals surface area contributed by atoms with Crippen LogP contribution in [-0.2, 0) is 4.74 Å². The van der Waals surface area contributed by atoms with Gasteiger partial charge in [-0.05, 0) is 31.5 Å². The molecule has 1 aliphatic rings. The number of hydrogen-bond acceptors (Lipinski definition) is 3. The average molecular weight is 340 g/mol. The Morgan fingerprint density at radius 2 is 2.00 bits per heavy atom. The van der Waals surface area contributed by atoms with E-state index < -0.39 is 5.60 Å². The molecular formula is C17H26ClN3O2. The van der Waals surface area contributed by atoms with Crippen LogP contribution in [0.15, 0.2) is 29.3 Å². The SMILES string of the molecule is CCNC(=NCC1(O)CCOCC1)NC(C)c1ccc(Cl)cc1. The molecule has 1 aromatic rings. The van der Waals surface area contributed by atoms with Crippen molar-refractivity contribution in [2.24, 2.45) is 4.99 Å². The fourth-order valence-corrected chi connectivity index (χ4v) is 2.62. The molecule has 1 saturated heterocycles. The van der Waals surface area contributed by atoms with E-state index in [4.69, 9.17) is 16.3 Å². The van der Waals surface area contributed by atoms with Gasteiger partial charge in [-0.2, -0.15) is 0 Å². The van der Waals surface area contributed by atoms with Crippen LogP contribution in [0.2, 0.25) is 5.02 Å². The molecule has 6 heteroatoms. The normalized spacial score (nSPS) is 19.2. The smallest absolute Gasteiger partial charge is 0.191 e. The number of aliphatic imine (C=N–C) groups is 1. The van der Waals surface area contributed by atoms with Crippen LogP contribution < -0.4 is 10.6 Å². The van der Waals surface area contributed by atoms with Crippen LogP contribution in [0.1, 0.15) is 38.3 Å². The summed E-state index contributed by atoms with van der Waals surface area (Å²) in [5.41, 5.74) is 0.370. The highest BCUT2D eigenvalue weighted by Crippen LogP contribution is 2.21. The predicted octanol–water partition coefficient (Wildman–Crippen LogP) is 2.50. The van der Waals surface area contributed by atoms with Gasteiger partial charge in [0.15, 0.2) is 5.96 Å². The van der Waals surface area contributed by atoms with Crippen LogP contribution in [0.25, 0.3) is 0 Å². The molecule has 0 radical (unpaired) electrons. The molecule has 3 N–H and O–H groups in total. The lowest BCUT2D eigenvalue weighted by Crippen LogP contribution is -2.43. The van der Waals surface area contributed by atoms with E-state index in [0.717, 1.165) is 17.1 Å². The van der Waals surface area contributed by atoms with E-state index in [9.17, 15) is 5.11 Å².